The minimum atomic E-state index is -0.365. The van der Waals surface area contributed by atoms with Crippen molar-refractivity contribution in [2.24, 2.45) is 0 Å². The molecule has 4 N–H and O–H groups in total. The van der Waals surface area contributed by atoms with Crippen LogP contribution in [-0.4, -0.2) is 16.1 Å². The average Bonchev–Trinajstić information content (AvgIpc) is 2.70. The van der Waals surface area contributed by atoms with Gasteiger partial charge in [-0.05, 0) is 18.2 Å². The van der Waals surface area contributed by atoms with Gasteiger partial charge in [-0.3, -0.25) is 9.89 Å². The molecular formula is C10H8BrClN4O. The Morgan fingerprint density at radius 2 is 2.29 bits per heavy atom. The number of nitrogen functional groups attached to an aromatic ring is 1. The summed E-state index contributed by atoms with van der Waals surface area (Å²) in [5.74, 6) is -0.148. The highest BCUT2D eigenvalue weighted by molar-refractivity contribution is 9.10. The van der Waals surface area contributed by atoms with Crippen LogP contribution in [0.4, 0.5) is 11.5 Å². The topological polar surface area (TPSA) is 83.8 Å². The monoisotopic (exact) mass is 314 g/mol. The van der Waals surface area contributed by atoms with Crippen LogP contribution in [0.15, 0.2) is 28.9 Å². The number of hydrogen-bond acceptors (Lipinski definition) is 3. The molecule has 2 aromatic rings. The molecule has 88 valence electrons. The third-order valence-corrected chi connectivity index (χ3v) is 2.91. The smallest absolute Gasteiger partial charge is 0.261 e. The van der Waals surface area contributed by atoms with Crippen molar-refractivity contribution in [2.45, 2.75) is 0 Å². The van der Waals surface area contributed by atoms with Gasteiger partial charge in [0, 0.05) is 4.47 Å². The van der Waals surface area contributed by atoms with E-state index in [0.717, 1.165) is 4.47 Å². The van der Waals surface area contributed by atoms with Crippen molar-refractivity contribution in [1.29, 1.82) is 0 Å². The first-order valence-corrected chi connectivity index (χ1v) is 5.80. The summed E-state index contributed by atoms with van der Waals surface area (Å²) in [5.41, 5.74) is 6.33. The second-order valence-corrected chi connectivity index (χ2v) is 4.60. The number of amides is 1. The summed E-state index contributed by atoms with van der Waals surface area (Å²) in [5, 5.41) is 9.26. The molecular weight excluding hydrogens is 307 g/mol. The zero-order chi connectivity index (χ0) is 12.4. The third-order valence-electron chi connectivity index (χ3n) is 2.09. The molecule has 1 aromatic carbocycles. The number of carbonyl (C=O) groups is 1. The van der Waals surface area contributed by atoms with E-state index in [1.54, 1.807) is 18.2 Å². The van der Waals surface area contributed by atoms with E-state index >= 15 is 0 Å². The lowest BCUT2D eigenvalue weighted by atomic mass is 10.2. The van der Waals surface area contributed by atoms with E-state index < -0.39 is 0 Å². The molecule has 0 saturated carbocycles. The van der Waals surface area contributed by atoms with E-state index in [0.29, 0.717) is 10.7 Å². The van der Waals surface area contributed by atoms with Gasteiger partial charge in [-0.2, -0.15) is 5.10 Å². The first-order valence-electron chi connectivity index (χ1n) is 4.63. The normalized spacial score (nSPS) is 10.2. The summed E-state index contributed by atoms with van der Waals surface area (Å²) in [7, 11) is 0. The summed E-state index contributed by atoms with van der Waals surface area (Å²) in [4.78, 5) is 11.8. The number of nitrogens with two attached hydrogens (primary N) is 1. The molecule has 0 bridgehead atoms. The molecule has 0 spiro atoms. The molecule has 1 heterocycles. The second kappa shape index (κ2) is 4.77. The van der Waals surface area contributed by atoms with E-state index in [1.165, 1.54) is 6.20 Å². The van der Waals surface area contributed by atoms with Gasteiger partial charge in [-0.25, -0.2) is 0 Å². The summed E-state index contributed by atoms with van der Waals surface area (Å²) >= 11 is 9.25. The number of hydrogen-bond donors (Lipinski definition) is 3. The van der Waals surface area contributed by atoms with Crippen LogP contribution < -0.4 is 11.1 Å². The quantitative estimate of drug-likeness (QED) is 0.796. The number of aromatic amines is 1. The number of nitrogens with one attached hydrogen (secondary N) is 2. The fraction of sp³-hybridized carbons (Fsp3) is 0. The van der Waals surface area contributed by atoms with Crippen molar-refractivity contribution in [1.82, 2.24) is 10.2 Å². The lowest BCUT2D eigenvalue weighted by Crippen LogP contribution is -2.13. The molecule has 1 aromatic heterocycles. The molecule has 0 unspecified atom stereocenters. The highest BCUT2D eigenvalue weighted by atomic mass is 79.9. The first kappa shape index (κ1) is 11.9. The van der Waals surface area contributed by atoms with E-state index in [4.69, 9.17) is 17.3 Å². The number of halogens is 2. The standard InChI is InChI=1S/C10H8BrClN4O/c11-5-1-2-7(12)8(3-5)15-10(17)6-4-14-16-9(6)13/h1-4H,(H,15,17)(H3,13,14,16). The third kappa shape index (κ3) is 2.59. The number of nitrogens with zero attached hydrogens (tertiary/aromatic N) is 1. The molecule has 0 aliphatic carbocycles. The maximum absolute atomic E-state index is 11.8. The first-order chi connectivity index (χ1) is 8.08. The van der Waals surface area contributed by atoms with Crippen molar-refractivity contribution < 1.29 is 4.79 Å². The molecule has 0 radical (unpaired) electrons. The molecule has 0 atom stereocenters. The number of anilines is 2. The van der Waals surface area contributed by atoms with Gasteiger partial charge in [0.2, 0.25) is 0 Å². The van der Waals surface area contributed by atoms with Gasteiger partial charge in [0.1, 0.15) is 11.4 Å². The molecule has 0 fully saturated rings. The Labute approximate surface area is 110 Å². The summed E-state index contributed by atoms with van der Waals surface area (Å²) in [6, 6.07) is 5.17. The molecule has 1 amide bonds. The Hall–Kier alpha value is -1.53. The van der Waals surface area contributed by atoms with Crippen molar-refractivity contribution in [3.05, 3.63) is 39.5 Å². The summed E-state index contributed by atoms with van der Waals surface area (Å²) < 4.78 is 0.817. The van der Waals surface area contributed by atoms with E-state index in [2.05, 4.69) is 31.4 Å². The van der Waals surface area contributed by atoms with Gasteiger partial charge in [0.05, 0.1) is 16.9 Å². The second-order valence-electron chi connectivity index (χ2n) is 3.28. The molecule has 5 nitrogen and oxygen atoms in total. The SMILES string of the molecule is Nc1[nH]ncc1C(=O)Nc1cc(Br)ccc1Cl. The van der Waals surface area contributed by atoms with Crippen LogP contribution in [0.2, 0.25) is 5.02 Å². The molecule has 17 heavy (non-hydrogen) atoms. The Morgan fingerprint density at radius 1 is 1.53 bits per heavy atom. The van der Waals surface area contributed by atoms with Gasteiger partial charge in [0.25, 0.3) is 5.91 Å². The van der Waals surface area contributed by atoms with Crippen LogP contribution in [0.25, 0.3) is 0 Å². The Morgan fingerprint density at radius 3 is 2.94 bits per heavy atom. The molecule has 0 aliphatic rings. The van der Waals surface area contributed by atoms with E-state index in [9.17, 15) is 4.79 Å². The Bertz CT molecular complexity index is 569. The molecule has 2 rings (SSSR count). The fourth-order valence-corrected chi connectivity index (χ4v) is 1.79. The predicted octanol–water partition coefficient (Wildman–Crippen LogP) is 2.66. The Balaban J connectivity index is 2.24. The highest BCUT2D eigenvalue weighted by Crippen LogP contribution is 2.26. The van der Waals surface area contributed by atoms with Gasteiger partial charge < -0.3 is 11.1 Å². The van der Waals surface area contributed by atoms with Crippen LogP contribution in [0.5, 0.6) is 0 Å². The number of aromatic nitrogens is 2. The molecule has 7 heteroatoms. The Kier molecular flexibility index (Phi) is 3.35. The van der Waals surface area contributed by atoms with E-state index in [1.807, 2.05) is 0 Å². The lowest BCUT2D eigenvalue weighted by Gasteiger charge is -2.06. The number of H-pyrrole nitrogens is 1. The maximum atomic E-state index is 11.8. The number of carbonyl (C=O) groups excluding carboxylic acids is 1. The minimum Gasteiger partial charge on any atom is -0.383 e. The fourth-order valence-electron chi connectivity index (χ4n) is 1.26. The van der Waals surface area contributed by atoms with Gasteiger partial charge >= 0.3 is 0 Å². The predicted molar refractivity (Wildman–Crippen MR) is 70.1 cm³/mol. The number of benzene rings is 1. The van der Waals surface area contributed by atoms with Gasteiger partial charge in [-0.15, -0.1) is 0 Å². The minimum absolute atomic E-state index is 0.216. The zero-order valence-electron chi connectivity index (χ0n) is 8.50. The molecule has 0 aliphatic heterocycles. The van der Waals surface area contributed by atoms with Crippen LogP contribution in [0.1, 0.15) is 10.4 Å². The average molecular weight is 316 g/mol. The highest BCUT2D eigenvalue weighted by Gasteiger charge is 2.13. The van der Waals surface area contributed by atoms with Gasteiger partial charge in [-0.1, -0.05) is 27.5 Å². The van der Waals surface area contributed by atoms with Crippen molar-refractivity contribution in [2.75, 3.05) is 11.1 Å². The summed E-state index contributed by atoms with van der Waals surface area (Å²) in [6.07, 6.45) is 1.36. The maximum Gasteiger partial charge on any atom is 0.261 e. The zero-order valence-corrected chi connectivity index (χ0v) is 10.8. The molecule has 0 saturated heterocycles. The van der Waals surface area contributed by atoms with Crippen molar-refractivity contribution >= 4 is 44.9 Å². The number of rotatable bonds is 2. The largest absolute Gasteiger partial charge is 0.383 e. The lowest BCUT2D eigenvalue weighted by molar-refractivity contribution is 0.102. The van der Waals surface area contributed by atoms with Crippen LogP contribution in [-0.2, 0) is 0 Å². The van der Waals surface area contributed by atoms with Crippen molar-refractivity contribution in [3.8, 4) is 0 Å². The van der Waals surface area contributed by atoms with Gasteiger partial charge in [0.15, 0.2) is 0 Å². The van der Waals surface area contributed by atoms with Crippen LogP contribution in [0, 0.1) is 0 Å². The van der Waals surface area contributed by atoms with Crippen LogP contribution >= 0.6 is 27.5 Å². The summed E-state index contributed by atoms with van der Waals surface area (Å²) in [6.45, 7) is 0. The van der Waals surface area contributed by atoms with E-state index in [-0.39, 0.29) is 17.3 Å². The van der Waals surface area contributed by atoms with Crippen LogP contribution in [0.3, 0.4) is 0 Å². The van der Waals surface area contributed by atoms with Crippen molar-refractivity contribution in [3.63, 3.8) is 0 Å².